The van der Waals surface area contributed by atoms with E-state index in [2.05, 4.69) is 0 Å². The van der Waals surface area contributed by atoms with Crippen LogP contribution < -0.4 is 0 Å². The Morgan fingerprint density at radius 1 is 1.00 bits per heavy atom. The molecule has 0 heterocycles. The van der Waals surface area contributed by atoms with Gasteiger partial charge in [0.05, 0.1) is 0 Å². The molecular weight excluding hydrogens is 88.1 g/mol. The van der Waals surface area contributed by atoms with E-state index in [0.29, 0.717) is 0 Å². The Kier molecular flexibility index (Phi) is 151. The average molecular weight is 92.1 g/mol. The number of hydrogen-bond acceptors (Lipinski definition) is 2. The molecule has 0 aliphatic carbocycles. The molecule has 0 aromatic rings. The first kappa shape index (κ1) is 19.2. The van der Waals surface area contributed by atoms with Crippen molar-refractivity contribution < 1.29 is 16.0 Å². The molecule has 0 saturated carbocycles. The van der Waals surface area contributed by atoms with Gasteiger partial charge in [0, 0.05) is 37.7 Å². The molecule has 0 amide bonds. The van der Waals surface area contributed by atoms with Crippen LogP contribution in [0.2, 0.25) is 0 Å². The maximum Gasteiger partial charge on any atom is 0 e. The topological polar surface area (TPSA) is 72.0 Å². The van der Waals surface area contributed by atoms with E-state index in [9.17, 15) is 0 Å². The first-order valence-electron chi connectivity index (χ1n) is 0.200. The smallest absolute Gasteiger partial charge is 0 e. The third-order valence-corrected chi connectivity index (χ3v) is 0. The molecular formula is H4CaO3. The van der Waals surface area contributed by atoms with Crippen LogP contribution in [-0.4, -0.2) is 53.7 Å². The van der Waals surface area contributed by atoms with Crippen LogP contribution in [0.15, 0.2) is 0 Å². The van der Waals surface area contributed by atoms with Crippen molar-refractivity contribution in [3.8, 4) is 0 Å². The van der Waals surface area contributed by atoms with E-state index < -0.39 is 0 Å². The molecule has 0 aromatic heterocycles. The average Bonchev–Trinajstić information content (AvgIpc) is 1.00. The molecule has 2 radical (unpaired) electrons. The minimum atomic E-state index is 0. The van der Waals surface area contributed by atoms with Gasteiger partial charge >= 0.3 is 0 Å². The first-order chi connectivity index (χ1) is 1.00. The van der Waals surface area contributed by atoms with Crippen molar-refractivity contribution >= 4 is 37.7 Å². The zero-order valence-electron chi connectivity index (χ0n) is 2.10. The van der Waals surface area contributed by atoms with E-state index >= 15 is 0 Å². The fourth-order valence-corrected chi connectivity index (χ4v) is 0. The zero-order chi connectivity index (χ0) is 2.00. The second-order valence-electron chi connectivity index (χ2n) is 0. The molecule has 0 unspecified atom stereocenters. The molecule has 0 bridgehead atoms. The van der Waals surface area contributed by atoms with Crippen LogP contribution in [0.1, 0.15) is 0 Å². The minimum Gasteiger partial charge on any atom is -0.412 e. The van der Waals surface area contributed by atoms with Crippen molar-refractivity contribution in [2.24, 2.45) is 0 Å². The standard InChI is InChI=1S/Ca.H2O2.H2O/c;1-2;/h;1-2H;1H2. The van der Waals surface area contributed by atoms with Crippen molar-refractivity contribution in [2.45, 2.75) is 0 Å². The summed E-state index contributed by atoms with van der Waals surface area (Å²) in [6, 6.07) is 0. The number of hydrogen-bond donors (Lipinski definition) is 2. The normalized spacial score (nSPS) is 1.50. The fraction of sp³-hybridized carbons (Fsp3) is 0. The third-order valence-electron chi connectivity index (χ3n) is 0. The van der Waals surface area contributed by atoms with E-state index in [1.165, 1.54) is 0 Å². The van der Waals surface area contributed by atoms with Gasteiger partial charge in [0.25, 0.3) is 0 Å². The van der Waals surface area contributed by atoms with E-state index in [-0.39, 0.29) is 43.2 Å². The van der Waals surface area contributed by atoms with Gasteiger partial charge < -0.3 is 5.48 Å². The largest absolute Gasteiger partial charge is 0.412 e. The van der Waals surface area contributed by atoms with Gasteiger partial charge in [-0.2, -0.15) is 0 Å². The molecule has 4 heteroatoms. The predicted molar refractivity (Wildman–Crippen MR) is 14.6 cm³/mol. The molecule has 0 aliphatic heterocycles. The van der Waals surface area contributed by atoms with Gasteiger partial charge in [0.15, 0.2) is 0 Å². The van der Waals surface area contributed by atoms with Crippen molar-refractivity contribution in [1.82, 2.24) is 0 Å². The Hall–Kier alpha value is 1.14. The number of rotatable bonds is 0. The molecule has 24 valence electrons. The van der Waals surface area contributed by atoms with Crippen LogP contribution in [-0.2, 0) is 0 Å². The Morgan fingerprint density at radius 2 is 1.00 bits per heavy atom. The molecule has 3 nitrogen and oxygen atoms in total. The Labute approximate surface area is 53.5 Å². The molecule has 0 saturated heterocycles. The summed E-state index contributed by atoms with van der Waals surface area (Å²) in [5.41, 5.74) is 0. The van der Waals surface area contributed by atoms with Gasteiger partial charge in [-0.15, -0.1) is 0 Å². The Balaban J connectivity index is -0.00000000500. The van der Waals surface area contributed by atoms with Crippen LogP contribution in [0.25, 0.3) is 0 Å². The predicted octanol–water partition coefficient (Wildman–Crippen LogP) is -1.19. The van der Waals surface area contributed by atoms with Crippen LogP contribution in [0.4, 0.5) is 0 Å². The summed E-state index contributed by atoms with van der Waals surface area (Å²) in [5.74, 6) is 0. The molecule has 4 heavy (non-hydrogen) atoms. The Morgan fingerprint density at radius 3 is 1.00 bits per heavy atom. The van der Waals surface area contributed by atoms with Gasteiger partial charge in [-0.25, -0.2) is 0 Å². The molecule has 0 spiro atoms. The van der Waals surface area contributed by atoms with Crippen LogP contribution >= 0.6 is 0 Å². The summed E-state index contributed by atoms with van der Waals surface area (Å²) in [4.78, 5) is 0. The maximum absolute atomic E-state index is 6.00. The van der Waals surface area contributed by atoms with Gasteiger partial charge in [0.2, 0.25) is 0 Å². The second kappa shape index (κ2) is 31.4. The van der Waals surface area contributed by atoms with E-state index in [1.807, 2.05) is 0 Å². The third kappa shape index (κ3) is 11.1. The van der Waals surface area contributed by atoms with E-state index in [4.69, 9.17) is 10.5 Å². The second-order valence-corrected chi connectivity index (χ2v) is 0. The summed E-state index contributed by atoms with van der Waals surface area (Å²) >= 11 is 0. The first-order valence-corrected chi connectivity index (χ1v) is 0.200. The van der Waals surface area contributed by atoms with Gasteiger partial charge in [-0.05, 0) is 0 Å². The van der Waals surface area contributed by atoms with E-state index in [1.54, 1.807) is 0 Å². The van der Waals surface area contributed by atoms with Gasteiger partial charge in [-0.3, -0.25) is 10.5 Å². The summed E-state index contributed by atoms with van der Waals surface area (Å²) < 4.78 is 0. The molecule has 0 fully saturated rings. The minimum absolute atomic E-state index is 0. The molecule has 0 aliphatic rings. The SMILES string of the molecule is O.OO.[Ca]. The summed E-state index contributed by atoms with van der Waals surface area (Å²) in [6.07, 6.45) is 0. The maximum atomic E-state index is 6.00. The zero-order valence-corrected chi connectivity index (χ0v) is 4.31. The van der Waals surface area contributed by atoms with E-state index in [0.717, 1.165) is 0 Å². The molecule has 0 atom stereocenters. The summed E-state index contributed by atoms with van der Waals surface area (Å²) in [7, 11) is 0. The monoisotopic (exact) mass is 92.0 g/mol. The molecule has 0 rings (SSSR count). The van der Waals surface area contributed by atoms with Crippen molar-refractivity contribution in [2.75, 3.05) is 0 Å². The van der Waals surface area contributed by atoms with Crippen molar-refractivity contribution in [3.05, 3.63) is 0 Å². The van der Waals surface area contributed by atoms with Crippen LogP contribution in [0.3, 0.4) is 0 Å². The van der Waals surface area contributed by atoms with Gasteiger partial charge in [0.1, 0.15) is 0 Å². The summed E-state index contributed by atoms with van der Waals surface area (Å²) in [5, 5.41) is 12.0. The Bertz CT molecular complexity index is 3.25. The summed E-state index contributed by atoms with van der Waals surface area (Å²) in [6.45, 7) is 0. The van der Waals surface area contributed by atoms with Crippen LogP contribution in [0, 0.1) is 0 Å². The molecule has 4 N–H and O–H groups in total. The fourth-order valence-electron chi connectivity index (χ4n) is 0. The molecule has 0 aromatic carbocycles. The van der Waals surface area contributed by atoms with Crippen LogP contribution in [0.5, 0.6) is 0 Å². The van der Waals surface area contributed by atoms with Crippen molar-refractivity contribution in [1.29, 1.82) is 0 Å². The quantitative estimate of drug-likeness (QED) is 0.224. The van der Waals surface area contributed by atoms with Crippen molar-refractivity contribution in [3.63, 3.8) is 0 Å². The van der Waals surface area contributed by atoms with Gasteiger partial charge in [-0.1, -0.05) is 0 Å².